The summed E-state index contributed by atoms with van der Waals surface area (Å²) >= 11 is 0. The quantitative estimate of drug-likeness (QED) is 0.838. The Balaban J connectivity index is 1.56. The fourth-order valence-electron chi connectivity index (χ4n) is 2.57. The number of hydrogen-bond acceptors (Lipinski definition) is 5. The van der Waals surface area contributed by atoms with Crippen LogP contribution in [0.15, 0.2) is 18.2 Å². The zero-order valence-electron chi connectivity index (χ0n) is 11.1. The van der Waals surface area contributed by atoms with Gasteiger partial charge in [0.1, 0.15) is 0 Å². The Morgan fingerprint density at radius 1 is 1.21 bits per heavy atom. The number of nitrogens with zero attached hydrogens (tertiary/aromatic N) is 1. The Kier molecular flexibility index (Phi) is 3.87. The summed E-state index contributed by atoms with van der Waals surface area (Å²) in [5.41, 5.74) is 7.39. The molecule has 0 spiro atoms. The fraction of sp³-hybridized carbons (Fsp3) is 0.571. The Morgan fingerprint density at radius 3 is 2.84 bits per heavy atom. The molecule has 1 saturated heterocycles. The van der Waals surface area contributed by atoms with Gasteiger partial charge in [-0.15, -0.1) is 0 Å². The van der Waals surface area contributed by atoms with Crippen LogP contribution in [0.2, 0.25) is 0 Å². The van der Waals surface area contributed by atoms with Gasteiger partial charge in [0.15, 0.2) is 11.5 Å². The lowest BCUT2D eigenvalue weighted by Gasteiger charge is -2.28. The van der Waals surface area contributed by atoms with Gasteiger partial charge >= 0.3 is 0 Å². The maximum atomic E-state index is 6.27. The van der Waals surface area contributed by atoms with Crippen LogP contribution >= 0.6 is 0 Å². The average molecular weight is 263 g/mol. The van der Waals surface area contributed by atoms with Crippen molar-refractivity contribution in [1.82, 2.24) is 10.2 Å². The molecule has 2 aliphatic heterocycles. The number of rotatable bonds is 4. The van der Waals surface area contributed by atoms with Crippen LogP contribution in [0.25, 0.3) is 0 Å². The normalized spacial score (nSPS) is 20.5. The molecular weight excluding hydrogens is 242 g/mol. The molecule has 0 radical (unpaired) electrons. The topological polar surface area (TPSA) is 59.8 Å². The van der Waals surface area contributed by atoms with Gasteiger partial charge in [-0.05, 0) is 24.1 Å². The predicted octanol–water partition coefficient (Wildman–Crippen LogP) is 0.710. The minimum Gasteiger partial charge on any atom is -0.454 e. The van der Waals surface area contributed by atoms with Crippen molar-refractivity contribution in [2.75, 3.05) is 39.5 Å². The summed E-state index contributed by atoms with van der Waals surface area (Å²) in [6.45, 7) is 5.77. The number of benzene rings is 1. The predicted molar refractivity (Wildman–Crippen MR) is 73.4 cm³/mol. The van der Waals surface area contributed by atoms with Crippen LogP contribution in [0, 0.1) is 0 Å². The van der Waals surface area contributed by atoms with Crippen molar-refractivity contribution in [1.29, 1.82) is 0 Å². The lowest BCUT2D eigenvalue weighted by atomic mass is 10.0. The average Bonchev–Trinajstić information content (AvgIpc) is 2.93. The second-order valence-corrected chi connectivity index (χ2v) is 5.10. The van der Waals surface area contributed by atoms with E-state index in [0.717, 1.165) is 56.2 Å². The van der Waals surface area contributed by atoms with Gasteiger partial charge in [0.05, 0.1) is 0 Å². The van der Waals surface area contributed by atoms with Gasteiger partial charge in [-0.25, -0.2) is 0 Å². The number of ether oxygens (including phenoxy) is 2. The highest BCUT2D eigenvalue weighted by molar-refractivity contribution is 5.45. The third-order valence-electron chi connectivity index (χ3n) is 3.79. The highest BCUT2D eigenvalue weighted by Crippen LogP contribution is 2.34. The van der Waals surface area contributed by atoms with E-state index in [1.807, 2.05) is 18.2 Å². The van der Waals surface area contributed by atoms with Crippen LogP contribution < -0.4 is 20.5 Å². The maximum Gasteiger partial charge on any atom is 0.231 e. The van der Waals surface area contributed by atoms with E-state index in [0.29, 0.717) is 6.79 Å². The van der Waals surface area contributed by atoms with Crippen molar-refractivity contribution < 1.29 is 9.47 Å². The van der Waals surface area contributed by atoms with E-state index in [1.165, 1.54) is 0 Å². The van der Waals surface area contributed by atoms with Crippen LogP contribution in [-0.4, -0.2) is 44.4 Å². The largest absolute Gasteiger partial charge is 0.454 e. The molecule has 0 saturated carbocycles. The first-order chi connectivity index (χ1) is 9.33. The summed E-state index contributed by atoms with van der Waals surface area (Å²) in [7, 11) is 0. The molecule has 3 N–H and O–H groups in total. The minimum absolute atomic E-state index is 0.0596. The van der Waals surface area contributed by atoms with Gasteiger partial charge in [-0.2, -0.15) is 0 Å². The maximum absolute atomic E-state index is 6.27. The lowest BCUT2D eigenvalue weighted by Crippen LogP contribution is -2.44. The summed E-state index contributed by atoms with van der Waals surface area (Å²) in [6, 6.07) is 6.05. The Labute approximate surface area is 113 Å². The molecule has 1 aromatic carbocycles. The lowest BCUT2D eigenvalue weighted by molar-refractivity contribution is 0.174. The van der Waals surface area contributed by atoms with Gasteiger partial charge < -0.3 is 25.4 Å². The van der Waals surface area contributed by atoms with E-state index >= 15 is 0 Å². The molecular formula is C14H21N3O2. The van der Waals surface area contributed by atoms with E-state index in [4.69, 9.17) is 15.2 Å². The van der Waals surface area contributed by atoms with Crippen LogP contribution in [0.1, 0.15) is 18.0 Å². The standard InChI is InChI=1S/C14H21N3O2/c15-12(3-6-17-7-4-16-5-8-17)11-1-2-13-14(9-11)19-10-18-13/h1-2,9,12,16H,3-8,10,15H2. The van der Waals surface area contributed by atoms with Crippen molar-refractivity contribution >= 4 is 0 Å². The molecule has 2 aliphatic rings. The highest BCUT2D eigenvalue weighted by Gasteiger charge is 2.17. The Bertz CT molecular complexity index is 433. The summed E-state index contributed by atoms with van der Waals surface area (Å²) in [5.74, 6) is 1.63. The van der Waals surface area contributed by atoms with Crippen LogP contribution in [0.3, 0.4) is 0 Å². The summed E-state index contributed by atoms with van der Waals surface area (Å²) in [4.78, 5) is 2.46. The number of hydrogen-bond donors (Lipinski definition) is 2. The summed E-state index contributed by atoms with van der Waals surface area (Å²) in [6.07, 6.45) is 0.972. The monoisotopic (exact) mass is 263 g/mol. The van der Waals surface area contributed by atoms with Crippen LogP contribution in [-0.2, 0) is 0 Å². The van der Waals surface area contributed by atoms with Crippen molar-refractivity contribution in [3.63, 3.8) is 0 Å². The second-order valence-electron chi connectivity index (χ2n) is 5.10. The molecule has 19 heavy (non-hydrogen) atoms. The first-order valence-electron chi connectivity index (χ1n) is 6.91. The third kappa shape index (κ3) is 3.00. The Hall–Kier alpha value is -1.30. The molecule has 5 heteroatoms. The van der Waals surface area contributed by atoms with E-state index in [9.17, 15) is 0 Å². The van der Waals surface area contributed by atoms with Crippen molar-refractivity contribution in [2.45, 2.75) is 12.5 Å². The molecule has 1 aromatic rings. The molecule has 0 aromatic heterocycles. The van der Waals surface area contributed by atoms with E-state index in [2.05, 4.69) is 10.2 Å². The van der Waals surface area contributed by atoms with Crippen molar-refractivity contribution in [3.8, 4) is 11.5 Å². The number of piperazine rings is 1. The van der Waals surface area contributed by atoms with Crippen molar-refractivity contribution in [2.24, 2.45) is 5.73 Å². The first-order valence-corrected chi connectivity index (χ1v) is 6.91. The van der Waals surface area contributed by atoms with Gasteiger partial charge in [0.25, 0.3) is 0 Å². The molecule has 3 rings (SSSR count). The first kappa shape index (κ1) is 12.7. The van der Waals surface area contributed by atoms with E-state index in [1.54, 1.807) is 0 Å². The number of nitrogens with one attached hydrogen (secondary N) is 1. The van der Waals surface area contributed by atoms with Crippen molar-refractivity contribution in [3.05, 3.63) is 23.8 Å². The molecule has 1 atom stereocenters. The molecule has 0 amide bonds. The third-order valence-corrected chi connectivity index (χ3v) is 3.79. The molecule has 1 fully saturated rings. The van der Waals surface area contributed by atoms with Crippen LogP contribution in [0.5, 0.6) is 11.5 Å². The molecule has 5 nitrogen and oxygen atoms in total. The van der Waals surface area contributed by atoms with Gasteiger partial charge in [0, 0.05) is 38.8 Å². The van der Waals surface area contributed by atoms with E-state index < -0.39 is 0 Å². The van der Waals surface area contributed by atoms with Crippen LogP contribution in [0.4, 0.5) is 0 Å². The molecule has 0 aliphatic carbocycles. The van der Waals surface area contributed by atoms with Gasteiger partial charge in [-0.3, -0.25) is 0 Å². The summed E-state index contributed by atoms with van der Waals surface area (Å²) < 4.78 is 10.7. The Morgan fingerprint density at radius 2 is 2.00 bits per heavy atom. The molecule has 104 valence electrons. The molecule has 0 bridgehead atoms. The SMILES string of the molecule is NC(CCN1CCNCC1)c1ccc2c(c1)OCO2. The fourth-order valence-corrected chi connectivity index (χ4v) is 2.57. The number of nitrogens with two attached hydrogens (primary N) is 1. The van der Waals surface area contributed by atoms with Gasteiger partial charge in [-0.1, -0.05) is 6.07 Å². The zero-order chi connectivity index (χ0) is 13.1. The minimum atomic E-state index is 0.0596. The number of fused-ring (bicyclic) bond motifs is 1. The zero-order valence-corrected chi connectivity index (χ0v) is 11.1. The van der Waals surface area contributed by atoms with E-state index in [-0.39, 0.29) is 6.04 Å². The molecule has 2 heterocycles. The van der Waals surface area contributed by atoms with Gasteiger partial charge in [0.2, 0.25) is 6.79 Å². The summed E-state index contributed by atoms with van der Waals surface area (Å²) in [5, 5.41) is 3.36. The molecule has 1 unspecified atom stereocenters. The second kappa shape index (κ2) is 5.77. The smallest absolute Gasteiger partial charge is 0.231 e. The highest BCUT2D eigenvalue weighted by atomic mass is 16.7.